The molecule has 0 bridgehead atoms. The largest absolute Gasteiger partial charge is 0.465 e. The molecule has 6 nitrogen and oxygen atoms in total. The predicted molar refractivity (Wildman–Crippen MR) is 99.2 cm³/mol. The number of thiophene rings is 1. The van der Waals surface area contributed by atoms with E-state index in [9.17, 15) is 9.59 Å². The zero-order valence-corrected chi connectivity index (χ0v) is 15.9. The van der Waals surface area contributed by atoms with E-state index in [4.69, 9.17) is 4.74 Å². The van der Waals surface area contributed by atoms with Gasteiger partial charge in [0.2, 0.25) is 0 Å². The molecule has 0 aliphatic carbocycles. The van der Waals surface area contributed by atoms with E-state index in [1.165, 1.54) is 18.4 Å². The lowest BCUT2D eigenvalue weighted by molar-refractivity contribution is 0.0602. The Kier molecular flexibility index (Phi) is 5.79. The van der Waals surface area contributed by atoms with Crippen molar-refractivity contribution < 1.29 is 14.3 Å². The Morgan fingerprint density at radius 3 is 2.44 bits per heavy atom. The van der Waals surface area contributed by atoms with Gasteiger partial charge in [-0.3, -0.25) is 10.3 Å². The van der Waals surface area contributed by atoms with E-state index in [-0.39, 0.29) is 17.5 Å². The number of nitrogens with one attached hydrogen (secondary N) is 2. The average molecular weight is 361 g/mol. The number of esters is 1. The number of ether oxygens (including phenoxy) is 1. The van der Waals surface area contributed by atoms with Crippen molar-refractivity contribution in [2.45, 2.75) is 39.2 Å². The van der Waals surface area contributed by atoms with E-state index in [1.807, 2.05) is 19.1 Å². The van der Waals surface area contributed by atoms with E-state index >= 15 is 0 Å². The van der Waals surface area contributed by atoms with Gasteiger partial charge in [-0.2, -0.15) is 0 Å². The number of hydrogen-bond acceptors (Lipinski definition) is 5. The van der Waals surface area contributed by atoms with Gasteiger partial charge in [0.05, 0.1) is 18.7 Å². The standard InChI is InChI=1S/C18H23N3O3S/c1-11(12-6-8-19-9-7-12)20-17(23)21-15-13(16(22)24-5)10-14(25-15)18(2,3)4/h6-11H,1-5H3,(H2,20,21,23). The molecule has 0 saturated heterocycles. The van der Waals surface area contributed by atoms with Gasteiger partial charge in [0.1, 0.15) is 5.00 Å². The molecule has 134 valence electrons. The summed E-state index contributed by atoms with van der Waals surface area (Å²) in [5.41, 5.74) is 1.18. The van der Waals surface area contributed by atoms with Gasteiger partial charge in [-0.1, -0.05) is 20.8 Å². The summed E-state index contributed by atoms with van der Waals surface area (Å²) < 4.78 is 4.82. The Balaban J connectivity index is 2.16. The van der Waals surface area contributed by atoms with Gasteiger partial charge >= 0.3 is 12.0 Å². The van der Waals surface area contributed by atoms with Crippen molar-refractivity contribution in [3.8, 4) is 0 Å². The van der Waals surface area contributed by atoms with Gasteiger partial charge in [-0.15, -0.1) is 11.3 Å². The molecule has 2 amide bonds. The fourth-order valence-corrected chi connectivity index (χ4v) is 3.29. The van der Waals surface area contributed by atoms with Gasteiger partial charge in [0.15, 0.2) is 0 Å². The van der Waals surface area contributed by atoms with Crippen LogP contribution in [0.15, 0.2) is 30.6 Å². The second kappa shape index (κ2) is 7.65. The molecular formula is C18H23N3O3S. The summed E-state index contributed by atoms with van der Waals surface area (Å²) in [5.74, 6) is -0.468. The summed E-state index contributed by atoms with van der Waals surface area (Å²) >= 11 is 1.38. The minimum absolute atomic E-state index is 0.131. The highest BCUT2D eigenvalue weighted by Gasteiger charge is 2.24. The molecule has 2 heterocycles. The summed E-state index contributed by atoms with van der Waals surface area (Å²) in [6.45, 7) is 8.03. The highest BCUT2D eigenvalue weighted by molar-refractivity contribution is 7.16. The third-order valence-electron chi connectivity index (χ3n) is 3.66. The number of carbonyl (C=O) groups is 2. The summed E-state index contributed by atoms with van der Waals surface area (Å²) in [4.78, 5) is 29.3. The Morgan fingerprint density at radius 2 is 1.88 bits per heavy atom. The summed E-state index contributed by atoms with van der Waals surface area (Å²) in [6, 6.07) is 4.89. The summed E-state index contributed by atoms with van der Waals surface area (Å²) in [6.07, 6.45) is 3.35. The number of nitrogens with zero attached hydrogens (tertiary/aromatic N) is 1. The minimum Gasteiger partial charge on any atom is -0.465 e. The van der Waals surface area contributed by atoms with Crippen LogP contribution in [0.25, 0.3) is 0 Å². The second-order valence-electron chi connectivity index (χ2n) is 6.70. The van der Waals surface area contributed by atoms with E-state index < -0.39 is 5.97 Å². The number of methoxy groups -OCH3 is 1. The molecule has 2 N–H and O–H groups in total. The van der Waals surface area contributed by atoms with E-state index in [1.54, 1.807) is 18.5 Å². The Morgan fingerprint density at radius 1 is 1.24 bits per heavy atom. The number of amides is 2. The number of pyridine rings is 1. The van der Waals surface area contributed by atoms with Gasteiger partial charge < -0.3 is 10.1 Å². The van der Waals surface area contributed by atoms with E-state index in [0.717, 1.165) is 10.4 Å². The van der Waals surface area contributed by atoms with Crippen LogP contribution in [-0.2, 0) is 10.2 Å². The van der Waals surface area contributed by atoms with E-state index in [0.29, 0.717) is 10.6 Å². The third-order valence-corrected chi connectivity index (χ3v) is 5.13. The second-order valence-corrected chi connectivity index (χ2v) is 7.75. The van der Waals surface area contributed by atoms with Crippen molar-refractivity contribution in [2.75, 3.05) is 12.4 Å². The van der Waals surface area contributed by atoms with Gasteiger partial charge in [-0.25, -0.2) is 9.59 Å². The first kappa shape index (κ1) is 18.9. The monoisotopic (exact) mass is 361 g/mol. The van der Waals surface area contributed by atoms with Crippen LogP contribution < -0.4 is 10.6 Å². The van der Waals surface area contributed by atoms with Crippen LogP contribution in [0.2, 0.25) is 0 Å². The predicted octanol–water partition coefficient (Wildman–Crippen LogP) is 4.11. The Bertz CT molecular complexity index is 751. The summed E-state index contributed by atoms with van der Waals surface area (Å²) in [5, 5.41) is 6.11. The van der Waals surface area contributed by atoms with Crippen LogP contribution >= 0.6 is 11.3 Å². The lowest BCUT2D eigenvalue weighted by Crippen LogP contribution is -2.31. The smallest absolute Gasteiger partial charge is 0.340 e. The lowest BCUT2D eigenvalue weighted by Gasteiger charge is -2.16. The molecule has 0 aliphatic rings. The first-order valence-electron chi connectivity index (χ1n) is 7.92. The average Bonchev–Trinajstić information content (AvgIpc) is 2.98. The maximum absolute atomic E-state index is 12.3. The number of anilines is 1. The van der Waals surface area contributed by atoms with Crippen molar-refractivity contribution in [1.82, 2.24) is 10.3 Å². The Labute approximate surface area is 151 Å². The highest BCUT2D eigenvalue weighted by Crippen LogP contribution is 2.36. The fourth-order valence-electron chi connectivity index (χ4n) is 2.19. The van der Waals surface area contributed by atoms with Gasteiger partial charge in [0.25, 0.3) is 0 Å². The van der Waals surface area contributed by atoms with Crippen molar-refractivity contribution >= 4 is 28.3 Å². The Hall–Kier alpha value is -2.41. The van der Waals surface area contributed by atoms with Crippen LogP contribution in [-0.4, -0.2) is 24.1 Å². The molecule has 0 fully saturated rings. The van der Waals surface area contributed by atoms with Gasteiger partial charge in [-0.05, 0) is 36.1 Å². The lowest BCUT2D eigenvalue weighted by atomic mass is 9.94. The van der Waals surface area contributed by atoms with Crippen molar-refractivity contribution in [2.24, 2.45) is 0 Å². The maximum Gasteiger partial charge on any atom is 0.340 e. The summed E-state index contributed by atoms with van der Waals surface area (Å²) in [7, 11) is 1.33. The van der Waals surface area contributed by atoms with Gasteiger partial charge in [0, 0.05) is 17.3 Å². The molecule has 2 aromatic heterocycles. The molecule has 0 saturated carbocycles. The van der Waals surface area contributed by atoms with Crippen LogP contribution in [0.1, 0.15) is 54.5 Å². The molecule has 1 atom stereocenters. The first-order chi connectivity index (χ1) is 11.7. The first-order valence-corrected chi connectivity index (χ1v) is 8.74. The molecule has 0 radical (unpaired) electrons. The molecular weight excluding hydrogens is 338 g/mol. The topological polar surface area (TPSA) is 80.3 Å². The van der Waals surface area contributed by atoms with E-state index in [2.05, 4.69) is 36.4 Å². The SMILES string of the molecule is COC(=O)c1cc(C(C)(C)C)sc1NC(=O)NC(C)c1ccncc1. The fraction of sp³-hybridized carbons (Fsp3) is 0.389. The molecule has 0 aliphatic heterocycles. The number of rotatable bonds is 4. The van der Waals surface area contributed by atoms with Crippen LogP contribution in [0.5, 0.6) is 0 Å². The maximum atomic E-state index is 12.3. The minimum atomic E-state index is -0.468. The normalized spacial score (nSPS) is 12.4. The third kappa shape index (κ3) is 4.79. The molecule has 2 rings (SSSR count). The molecule has 25 heavy (non-hydrogen) atoms. The van der Waals surface area contributed by atoms with Crippen molar-refractivity contribution in [1.29, 1.82) is 0 Å². The van der Waals surface area contributed by atoms with Crippen molar-refractivity contribution in [3.05, 3.63) is 46.6 Å². The quantitative estimate of drug-likeness (QED) is 0.803. The molecule has 0 aromatic carbocycles. The van der Waals surface area contributed by atoms with Crippen LogP contribution in [0, 0.1) is 0 Å². The molecule has 1 unspecified atom stereocenters. The number of urea groups is 1. The zero-order valence-electron chi connectivity index (χ0n) is 15.0. The van der Waals surface area contributed by atoms with Crippen LogP contribution in [0.3, 0.4) is 0 Å². The number of carbonyl (C=O) groups excluding carboxylic acids is 2. The molecule has 2 aromatic rings. The highest BCUT2D eigenvalue weighted by atomic mass is 32.1. The van der Waals surface area contributed by atoms with Crippen molar-refractivity contribution in [3.63, 3.8) is 0 Å². The molecule has 0 spiro atoms. The number of aromatic nitrogens is 1. The number of hydrogen-bond donors (Lipinski definition) is 2. The molecule has 7 heteroatoms. The van der Waals surface area contributed by atoms with Crippen LogP contribution in [0.4, 0.5) is 9.80 Å². The zero-order chi connectivity index (χ0) is 18.6.